The number of carbonyl (C=O) groups excluding carboxylic acids is 2. The van der Waals surface area contributed by atoms with Crippen LogP contribution in [0.1, 0.15) is 36.7 Å². The van der Waals surface area contributed by atoms with Gasteiger partial charge in [-0.2, -0.15) is 0 Å². The van der Waals surface area contributed by atoms with E-state index in [4.69, 9.17) is 12.2 Å². The smallest absolute Gasteiger partial charge is 0.253 e. The minimum atomic E-state index is -0.353. The molecule has 136 valence electrons. The Labute approximate surface area is 159 Å². The van der Waals surface area contributed by atoms with Gasteiger partial charge in [0.05, 0.1) is 17.7 Å². The molecule has 0 saturated carbocycles. The molecule has 0 aromatic heterocycles. The molecule has 0 unspecified atom stereocenters. The number of nitrogens with one attached hydrogen (secondary N) is 3. The van der Waals surface area contributed by atoms with Crippen molar-refractivity contribution in [2.75, 3.05) is 5.32 Å². The molecule has 5 nitrogen and oxygen atoms in total. The highest BCUT2D eigenvalue weighted by Crippen LogP contribution is 2.16. The van der Waals surface area contributed by atoms with Gasteiger partial charge in [0.1, 0.15) is 0 Å². The number of hydrogen-bond donors (Lipinski definition) is 3. The maximum atomic E-state index is 12.4. The summed E-state index contributed by atoms with van der Waals surface area (Å²) in [6.07, 6.45) is 0.231. The van der Waals surface area contributed by atoms with Crippen LogP contribution in [0.3, 0.4) is 0 Å². The fourth-order valence-corrected chi connectivity index (χ4v) is 2.53. The van der Waals surface area contributed by atoms with Crippen LogP contribution in [-0.2, 0) is 11.2 Å². The summed E-state index contributed by atoms with van der Waals surface area (Å²) in [6.45, 7) is 5.74. The van der Waals surface area contributed by atoms with Gasteiger partial charge in [0.25, 0.3) is 5.91 Å². The summed E-state index contributed by atoms with van der Waals surface area (Å²) in [4.78, 5) is 24.5. The van der Waals surface area contributed by atoms with E-state index in [1.807, 2.05) is 51.1 Å². The van der Waals surface area contributed by atoms with Crippen molar-refractivity contribution in [2.45, 2.75) is 32.7 Å². The second-order valence-corrected chi connectivity index (χ2v) is 7.32. The SMILES string of the molecule is CC(C)(C)NC(=O)c1ccccc1NC(=S)NC(=O)Cc1ccccc1. The molecule has 0 fully saturated rings. The quantitative estimate of drug-likeness (QED) is 0.724. The van der Waals surface area contributed by atoms with E-state index in [1.54, 1.807) is 24.3 Å². The molecule has 0 atom stereocenters. The van der Waals surface area contributed by atoms with Gasteiger partial charge in [-0.25, -0.2) is 0 Å². The Kier molecular flexibility index (Phi) is 6.46. The van der Waals surface area contributed by atoms with Gasteiger partial charge in [-0.3, -0.25) is 9.59 Å². The zero-order valence-electron chi connectivity index (χ0n) is 15.1. The van der Waals surface area contributed by atoms with Crippen molar-refractivity contribution >= 4 is 34.8 Å². The van der Waals surface area contributed by atoms with Crippen molar-refractivity contribution in [3.8, 4) is 0 Å². The predicted octanol–water partition coefficient (Wildman–Crippen LogP) is 3.27. The van der Waals surface area contributed by atoms with Crippen molar-refractivity contribution < 1.29 is 9.59 Å². The molecular formula is C20H23N3O2S. The van der Waals surface area contributed by atoms with E-state index < -0.39 is 0 Å². The number of hydrogen-bond acceptors (Lipinski definition) is 3. The molecule has 6 heteroatoms. The Morgan fingerprint density at radius 1 is 0.962 bits per heavy atom. The lowest BCUT2D eigenvalue weighted by molar-refractivity contribution is -0.119. The van der Waals surface area contributed by atoms with Gasteiger partial charge in [0.15, 0.2) is 5.11 Å². The Hall–Kier alpha value is -2.73. The lowest BCUT2D eigenvalue weighted by atomic mass is 10.1. The summed E-state index contributed by atoms with van der Waals surface area (Å²) < 4.78 is 0. The van der Waals surface area contributed by atoms with E-state index in [9.17, 15) is 9.59 Å². The second-order valence-electron chi connectivity index (χ2n) is 6.91. The van der Waals surface area contributed by atoms with Crippen molar-refractivity contribution in [1.82, 2.24) is 10.6 Å². The minimum Gasteiger partial charge on any atom is -0.347 e. The van der Waals surface area contributed by atoms with Crippen LogP contribution >= 0.6 is 12.2 Å². The van der Waals surface area contributed by atoms with E-state index in [0.717, 1.165) is 5.56 Å². The molecule has 2 amide bonds. The average molecular weight is 369 g/mol. The maximum absolute atomic E-state index is 12.4. The molecule has 0 aliphatic heterocycles. The molecule has 3 N–H and O–H groups in total. The monoisotopic (exact) mass is 369 g/mol. The molecule has 0 radical (unpaired) electrons. The molecule has 0 bridgehead atoms. The Bertz CT molecular complexity index is 798. The van der Waals surface area contributed by atoms with Crippen LogP contribution in [0.15, 0.2) is 54.6 Å². The summed E-state index contributed by atoms with van der Waals surface area (Å²) in [5.41, 5.74) is 1.55. The van der Waals surface area contributed by atoms with Crippen LogP contribution in [0.2, 0.25) is 0 Å². The van der Waals surface area contributed by atoms with Crippen molar-refractivity contribution in [1.29, 1.82) is 0 Å². The molecule has 2 aromatic rings. The first kappa shape index (κ1) is 19.6. The number of anilines is 1. The van der Waals surface area contributed by atoms with Gasteiger partial charge >= 0.3 is 0 Å². The molecule has 0 spiro atoms. The van der Waals surface area contributed by atoms with Crippen molar-refractivity contribution in [3.63, 3.8) is 0 Å². The lowest BCUT2D eigenvalue weighted by Crippen LogP contribution is -2.41. The van der Waals surface area contributed by atoms with Gasteiger partial charge in [-0.15, -0.1) is 0 Å². The second kappa shape index (κ2) is 8.58. The first-order valence-electron chi connectivity index (χ1n) is 8.31. The Morgan fingerprint density at radius 2 is 1.58 bits per heavy atom. The molecule has 0 saturated heterocycles. The van der Waals surface area contributed by atoms with Gasteiger partial charge in [0.2, 0.25) is 5.91 Å². The number of amides is 2. The van der Waals surface area contributed by atoms with E-state index in [1.165, 1.54) is 0 Å². The first-order valence-corrected chi connectivity index (χ1v) is 8.72. The number of benzene rings is 2. The van der Waals surface area contributed by atoms with Crippen LogP contribution in [0.4, 0.5) is 5.69 Å². The van der Waals surface area contributed by atoms with Gasteiger partial charge < -0.3 is 16.0 Å². The largest absolute Gasteiger partial charge is 0.347 e. The van der Waals surface area contributed by atoms with Crippen molar-refractivity contribution in [3.05, 3.63) is 65.7 Å². The number of thiocarbonyl (C=S) groups is 1. The highest BCUT2D eigenvalue weighted by molar-refractivity contribution is 7.80. The Balaban J connectivity index is 2.00. The zero-order chi connectivity index (χ0) is 19.2. The highest BCUT2D eigenvalue weighted by atomic mass is 32.1. The molecular weight excluding hydrogens is 346 g/mol. The fraction of sp³-hybridized carbons (Fsp3) is 0.250. The van der Waals surface area contributed by atoms with E-state index in [0.29, 0.717) is 11.3 Å². The van der Waals surface area contributed by atoms with Gasteiger partial charge in [0, 0.05) is 5.54 Å². The molecule has 0 heterocycles. The maximum Gasteiger partial charge on any atom is 0.253 e. The third-order valence-corrected chi connectivity index (χ3v) is 3.57. The lowest BCUT2D eigenvalue weighted by Gasteiger charge is -2.21. The molecule has 2 aromatic carbocycles. The summed E-state index contributed by atoms with van der Waals surface area (Å²) in [6, 6.07) is 16.4. The number of rotatable bonds is 4. The average Bonchev–Trinajstić information content (AvgIpc) is 2.54. The number of para-hydroxylation sites is 1. The zero-order valence-corrected chi connectivity index (χ0v) is 15.9. The van der Waals surface area contributed by atoms with E-state index >= 15 is 0 Å². The standard InChI is InChI=1S/C20H23N3O2S/c1-20(2,3)23-18(25)15-11-7-8-12-16(15)21-19(26)22-17(24)13-14-9-5-4-6-10-14/h4-12H,13H2,1-3H3,(H,23,25)(H2,21,22,24,26). The van der Waals surface area contributed by atoms with Gasteiger partial charge in [-0.05, 0) is 50.7 Å². The van der Waals surface area contributed by atoms with Crippen LogP contribution in [-0.4, -0.2) is 22.5 Å². The highest BCUT2D eigenvalue weighted by Gasteiger charge is 2.18. The summed E-state index contributed by atoms with van der Waals surface area (Å²) in [7, 11) is 0. The van der Waals surface area contributed by atoms with Crippen LogP contribution in [0.5, 0.6) is 0 Å². The molecule has 0 aliphatic carbocycles. The third-order valence-electron chi connectivity index (χ3n) is 3.37. The summed E-state index contributed by atoms with van der Waals surface area (Å²) in [5.74, 6) is -0.427. The normalized spacial score (nSPS) is 10.7. The van der Waals surface area contributed by atoms with Crippen molar-refractivity contribution in [2.24, 2.45) is 0 Å². The van der Waals surface area contributed by atoms with E-state index in [-0.39, 0.29) is 28.9 Å². The van der Waals surface area contributed by atoms with E-state index in [2.05, 4.69) is 16.0 Å². The molecule has 2 rings (SSSR count). The Morgan fingerprint density at radius 3 is 2.23 bits per heavy atom. The topological polar surface area (TPSA) is 70.2 Å². The van der Waals surface area contributed by atoms with Crippen LogP contribution in [0, 0.1) is 0 Å². The first-order chi connectivity index (χ1) is 12.2. The molecule has 26 heavy (non-hydrogen) atoms. The fourth-order valence-electron chi connectivity index (χ4n) is 2.30. The van der Waals surface area contributed by atoms with Crippen LogP contribution in [0.25, 0.3) is 0 Å². The summed E-state index contributed by atoms with van der Waals surface area (Å²) >= 11 is 5.21. The van der Waals surface area contributed by atoms with Crippen LogP contribution < -0.4 is 16.0 Å². The summed E-state index contributed by atoms with van der Waals surface area (Å²) in [5, 5.41) is 8.64. The number of carbonyl (C=O) groups is 2. The predicted molar refractivity (Wildman–Crippen MR) is 108 cm³/mol. The third kappa shape index (κ3) is 6.29. The molecule has 0 aliphatic rings. The minimum absolute atomic E-state index is 0.155. The van der Waals surface area contributed by atoms with Gasteiger partial charge in [-0.1, -0.05) is 42.5 Å².